The summed E-state index contributed by atoms with van der Waals surface area (Å²) in [6.45, 7) is 0. The molecule has 0 fully saturated rings. The van der Waals surface area contributed by atoms with Gasteiger partial charge < -0.3 is 14.2 Å². The minimum atomic E-state index is -0.464. The molecule has 0 amide bonds. The molecule has 0 unspecified atom stereocenters. The maximum Gasteiger partial charge on any atom is 0.136 e. The van der Waals surface area contributed by atoms with Gasteiger partial charge in [-0.2, -0.15) is 0 Å². The molecule has 0 aliphatic rings. The highest BCUT2D eigenvalue weighted by Crippen LogP contribution is 2.48. The summed E-state index contributed by atoms with van der Waals surface area (Å²) in [6, 6.07) is 78.7. The van der Waals surface area contributed by atoms with Crippen LogP contribution in [0.2, 0.25) is 0 Å². The SMILES string of the molecule is [2H]c1c([2H])c([2H])c2c(oc3c([2H])c([2H])c([2H])c(-c4ccc(N(c5ccc(-c6ccccc6)cc5)c5ccccc5-c5ccccc5N(c5ccc(-c6ccccc6)cc5)c5ccc(-c6ccccc6)cc5)cc4)c32)c1[2H]. The third-order valence-corrected chi connectivity index (χ3v) is 12.6. The van der Waals surface area contributed by atoms with E-state index in [1.165, 1.54) is 0 Å². The van der Waals surface area contributed by atoms with Gasteiger partial charge in [0.05, 0.1) is 21.0 Å². The van der Waals surface area contributed by atoms with Gasteiger partial charge >= 0.3 is 0 Å². The van der Waals surface area contributed by atoms with Gasteiger partial charge in [-0.3, -0.25) is 0 Å². The van der Waals surface area contributed by atoms with Gasteiger partial charge in [-0.25, -0.2) is 0 Å². The van der Waals surface area contributed by atoms with Crippen LogP contribution >= 0.6 is 0 Å². The van der Waals surface area contributed by atoms with Crippen molar-refractivity contribution in [1.29, 1.82) is 0 Å². The van der Waals surface area contributed by atoms with Gasteiger partial charge in [-0.15, -0.1) is 0 Å². The fourth-order valence-corrected chi connectivity index (χ4v) is 9.30. The summed E-state index contributed by atoms with van der Waals surface area (Å²) < 4.78 is 67.3. The summed E-state index contributed by atoms with van der Waals surface area (Å²) in [7, 11) is 0. The second-order valence-corrected chi connectivity index (χ2v) is 16.8. The fourth-order valence-electron chi connectivity index (χ4n) is 9.30. The van der Waals surface area contributed by atoms with Gasteiger partial charge in [0, 0.05) is 44.6 Å². The Morgan fingerprint density at radius 1 is 0.275 bits per heavy atom. The number of hydrogen-bond acceptors (Lipinski definition) is 3. The first-order valence-corrected chi connectivity index (χ1v) is 22.9. The summed E-state index contributed by atoms with van der Waals surface area (Å²) >= 11 is 0. The molecule has 0 atom stereocenters. The molecule has 12 rings (SSSR count). The average molecular weight is 890 g/mol. The van der Waals surface area contributed by atoms with E-state index in [4.69, 9.17) is 12.6 Å². The lowest BCUT2D eigenvalue weighted by atomic mass is 9.97. The summed E-state index contributed by atoms with van der Waals surface area (Å²) in [4.78, 5) is 4.52. The molecule has 3 nitrogen and oxygen atoms in total. The van der Waals surface area contributed by atoms with Crippen molar-refractivity contribution in [2.24, 2.45) is 0 Å². The first-order valence-electron chi connectivity index (χ1n) is 26.4. The van der Waals surface area contributed by atoms with Crippen LogP contribution in [0.25, 0.3) is 77.6 Å². The Morgan fingerprint density at radius 3 is 1.06 bits per heavy atom. The van der Waals surface area contributed by atoms with Crippen molar-refractivity contribution in [2.75, 3.05) is 9.80 Å². The Hall–Kier alpha value is -9.18. The van der Waals surface area contributed by atoms with Gasteiger partial charge in [0.1, 0.15) is 11.2 Å². The van der Waals surface area contributed by atoms with Crippen molar-refractivity contribution in [3.63, 3.8) is 0 Å². The first kappa shape index (κ1) is 34.2. The molecule has 0 aliphatic heterocycles. The lowest BCUT2D eigenvalue weighted by molar-refractivity contribution is 0.669. The van der Waals surface area contributed by atoms with Crippen LogP contribution in [0.3, 0.4) is 0 Å². The highest BCUT2D eigenvalue weighted by Gasteiger charge is 2.23. The number of para-hydroxylation sites is 3. The number of hydrogen-bond donors (Lipinski definition) is 0. The molecule has 3 heteroatoms. The summed E-state index contributed by atoms with van der Waals surface area (Å²) in [5.74, 6) is 0. The molecule has 0 saturated carbocycles. The number of benzene rings is 11. The number of nitrogens with zero attached hydrogens (tertiary/aromatic N) is 2. The third kappa shape index (κ3) is 8.03. The van der Waals surface area contributed by atoms with E-state index in [0.717, 1.165) is 78.6 Å². The molecule has 0 radical (unpaired) electrons. The Labute approximate surface area is 412 Å². The number of anilines is 6. The smallest absolute Gasteiger partial charge is 0.136 e. The van der Waals surface area contributed by atoms with E-state index in [1.807, 2.05) is 60.7 Å². The van der Waals surface area contributed by atoms with Gasteiger partial charge in [-0.1, -0.05) is 206 Å². The van der Waals surface area contributed by atoms with Crippen molar-refractivity contribution in [2.45, 2.75) is 0 Å². The second kappa shape index (κ2) is 18.2. The zero-order valence-corrected chi connectivity index (χ0v) is 37.3. The Morgan fingerprint density at radius 2 is 0.623 bits per heavy atom. The highest BCUT2D eigenvalue weighted by atomic mass is 16.3. The largest absolute Gasteiger partial charge is 0.456 e. The number of fused-ring (bicyclic) bond motifs is 3. The molecule has 69 heavy (non-hydrogen) atoms. The zero-order valence-electron chi connectivity index (χ0n) is 44.3. The number of rotatable bonds is 11. The predicted octanol–water partition coefficient (Wildman–Crippen LogP) is 18.9. The first-order chi connectivity index (χ1) is 37.1. The van der Waals surface area contributed by atoms with Gasteiger partial charge in [-0.05, 0) is 117 Å². The van der Waals surface area contributed by atoms with E-state index in [0.29, 0.717) is 5.56 Å². The van der Waals surface area contributed by atoms with E-state index < -0.39 is 12.1 Å². The zero-order chi connectivity index (χ0) is 52.0. The van der Waals surface area contributed by atoms with Crippen LogP contribution in [-0.4, -0.2) is 0 Å². The van der Waals surface area contributed by atoms with Crippen LogP contribution in [0.5, 0.6) is 0 Å². The molecule has 0 saturated heterocycles. The molecule has 0 bridgehead atoms. The van der Waals surface area contributed by atoms with Crippen LogP contribution in [0.1, 0.15) is 9.60 Å². The van der Waals surface area contributed by atoms with Crippen molar-refractivity contribution < 1.29 is 14.0 Å². The second-order valence-electron chi connectivity index (χ2n) is 16.8. The normalized spacial score (nSPS) is 12.6. The van der Waals surface area contributed by atoms with Crippen molar-refractivity contribution in [1.82, 2.24) is 0 Å². The van der Waals surface area contributed by atoms with Crippen LogP contribution < -0.4 is 9.80 Å². The van der Waals surface area contributed by atoms with Crippen molar-refractivity contribution >= 4 is 56.1 Å². The average Bonchev–Trinajstić information content (AvgIpc) is 4.02. The predicted molar refractivity (Wildman–Crippen MR) is 290 cm³/mol. The highest BCUT2D eigenvalue weighted by molar-refractivity contribution is 6.12. The molecule has 1 heterocycles. The lowest BCUT2D eigenvalue weighted by Crippen LogP contribution is -2.13. The van der Waals surface area contributed by atoms with E-state index in [2.05, 4.69) is 186 Å². The monoisotopic (exact) mass is 889 g/mol. The van der Waals surface area contributed by atoms with Crippen molar-refractivity contribution in [3.05, 3.63) is 279 Å². The summed E-state index contributed by atoms with van der Waals surface area (Å²) in [5.41, 5.74) is 14.7. The lowest BCUT2D eigenvalue weighted by Gasteiger charge is -2.31. The van der Waals surface area contributed by atoms with E-state index in [9.17, 15) is 1.37 Å². The van der Waals surface area contributed by atoms with Crippen LogP contribution in [0.4, 0.5) is 34.1 Å². The molecule has 11 aromatic carbocycles. The number of furan rings is 1. The molecule has 12 aromatic rings. The van der Waals surface area contributed by atoms with Gasteiger partial charge in [0.15, 0.2) is 0 Å². The Bertz CT molecular complexity index is 4010. The van der Waals surface area contributed by atoms with Crippen LogP contribution in [0.15, 0.2) is 283 Å². The van der Waals surface area contributed by atoms with E-state index in [1.54, 1.807) is 0 Å². The summed E-state index contributed by atoms with van der Waals surface area (Å²) in [5, 5.41) is 0.271. The van der Waals surface area contributed by atoms with Crippen LogP contribution in [0, 0.1) is 0 Å². The quantitative estimate of drug-likeness (QED) is 0.129. The molecular weight excluding hydrogens is 837 g/mol. The molecule has 326 valence electrons. The van der Waals surface area contributed by atoms with E-state index >= 15 is 0 Å². The van der Waals surface area contributed by atoms with Crippen LogP contribution in [-0.2, 0) is 0 Å². The minimum Gasteiger partial charge on any atom is -0.456 e. The standard InChI is InChI=1S/C66H46N2O/c1-4-17-47(18-5-1)50-31-39-54(40-32-50)67(55-41-33-51(34-42-55)48-19-6-2-7-20-48)62-27-13-10-23-59(62)60-24-11-14-28-63(60)68(56-43-35-52(36-44-56)49-21-8-3-9-22-49)57-45-37-53(38-46-57)58-26-16-30-65-66(58)61-25-12-15-29-64(61)69-65/h1-46H/i12D,15D,16D,25D,26D,29D,30D. The molecule has 1 aromatic heterocycles. The molecular formula is C66H46N2O. The molecule has 0 N–H and O–H groups in total. The Balaban J connectivity index is 1.03. The third-order valence-electron chi connectivity index (χ3n) is 12.6. The van der Waals surface area contributed by atoms with Gasteiger partial charge in [0.25, 0.3) is 0 Å². The fraction of sp³-hybridized carbons (Fsp3) is 0. The molecule has 0 aliphatic carbocycles. The summed E-state index contributed by atoms with van der Waals surface area (Å²) in [6.07, 6.45) is 0. The van der Waals surface area contributed by atoms with E-state index in [-0.39, 0.29) is 57.7 Å². The minimum absolute atomic E-state index is 0.0666. The van der Waals surface area contributed by atoms with Gasteiger partial charge in [0.2, 0.25) is 0 Å². The Kier molecular flexibility index (Phi) is 9.04. The maximum absolute atomic E-state index is 9.23. The van der Waals surface area contributed by atoms with Crippen molar-refractivity contribution in [3.8, 4) is 55.6 Å². The topological polar surface area (TPSA) is 19.6 Å². The maximum atomic E-state index is 9.23. The molecule has 0 spiro atoms.